The third-order valence-electron chi connectivity index (χ3n) is 3.08. The molecule has 2 aromatic rings. The number of morpholine rings is 1. The molecule has 0 atom stereocenters. The lowest BCUT2D eigenvalue weighted by molar-refractivity contribution is 0.122. The standard InChI is InChI=1S/C11H15N5OS2/c1-2-16-9(13-14-10(16)18)8-7-19-11(12-8)15-3-5-17-6-4-15/h7H,2-6H2,1H3,(H,14,18). The average Bonchev–Trinajstić information content (AvgIpc) is 3.06. The Balaban J connectivity index is 1.90. The zero-order valence-corrected chi connectivity index (χ0v) is 12.3. The van der Waals surface area contributed by atoms with E-state index >= 15 is 0 Å². The number of ether oxygens (including phenoxy) is 1. The van der Waals surface area contributed by atoms with Gasteiger partial charge in [-0.05, 0) is 19.1 Å². The molecule has 3 rings (SSSR count). The van der Waals surface area contributed by atoms with Gasteiger partial charge in [-0.25, -0.2) is 4.98 Å². The zero-order valence-electron chi connectivity index (χ0n) is 10.6. The van der Waals surface area contributed by atoms with Gasteiger partial charge in [0.15, 0.2) is 15.7 Å². The second-order valence-electron chi connectivity index (χ2n) is 4.21. The predicted octanol–water partition coefficient (Wildman–Crippen LogP) is 1.92. The molecule has 0 aromatic carbocycles. The lowest BCUT2D eigenvalue weighted by Crippen LogP contribution is -2.36. The molecule has 19 heavy (non-hydrogen) atoms. The molecule has 2 aromatic heterocycles. The molecule has 1 N–H and O–H groups in total. The predicted molar refractivity (Wildman–Crippen MR) is 77.2 cm³/mol. The Kier molecular flexibility index (Phi) is 3.63. The lowest BCUT2D eigenvalue weighted by atomic mass is 10.4. The Bertz CT molecular complexity index is 611. The van der Waals surface area contributed by atoms with Crippen LogP contribution in [0.2, 0.25) is 0 Å². The van der Waals surface area contributed by atoms with Gasteiger partial charge in [-0.1, -0.05) is 0 Å². The van der Waals surface area contributed by atoms with E-state index in [0.29, 0.717) is 4.77 Å². The number of H-pyrrole nitrogens is 1. The van der Waals surface area contributed by atoms with Gasteiger partial charge in [0.05, 0.1) is 13.2 Å². The number of hydrogen-bond acceptors (Lipinski definition) is 6. The van der Waals surface area contributed by atoms with Gasteiger partial charge in [0.2, 0.25) is 0 Å². The number of aromatic amines is 1. The topological polar surface area (TPSA) is 59.0 Å². The second kappa shape index (κ2) is 5.40. The third-order valence-corrected chi connectivity index (χ3v) is 4.29. The molecule has 6 nitrogen and oxygen atoms in total. The Hall–Kier alpha value is -1.25. The van der Waals surface area contributed by atoms with Crippen LogP contribution < -0.4 is 4.90 Å². The monoisotopic (exact) mass is 297 g/mol. The van der Waals surface area contributed by atoms with E-state index in [0.717, 1.165) is 49.5 Å². The molecule has 0 radical (unpaired) electrons. The number of anilines is 1. The van der Waals surface area contributed by atoms with Crippen molar-refractivity contribution in [3.05, 3.63) is 10.2 Å². The highest BCUT2D eigenvalue weighted by atomic mass is 32.1. The molecule has 0 aliphatic carbocycles. The minimum Gasteiger partial charge on any atom is -0.378 e. The van der Waals surface area contributed by atoms with Crippen LogP contribution in [0.5, 0.6) is 0 Å². The molecule has 1 aliphatic rings. The van der Waals surface area contributed by atoms with Crippen molar-refractivity contribution in [3.63, 3.8) is 0 Å². The van der Waals surface area contributed by atoms with Gasteiger partial charge in [0.25, 0.3) is 0 Å². The van der Waals surface area contributed by atoms with E-state index in [-0.39, 0.29) is 0 Å². The molecule has 3 heterocycles. The largest absolute Gasteiger partial charge is 0.378 e. The summed E-state index contributed by atoms with van der Waals surface area (Å²) in [7, 11) is 0. The fourth-order valence-electron chi connectivity index (χ4n) is 2.07. The van der Waals surface area contributed by atoms with Crippen LogP contribution in [0.15, 0.2) is 5.38 Å². The van der Waals surface area contributed by atoms with Gasteiger partial charge < -0.3 is 9.64 Å². The number of thiazole rings is 1. The van der Waals surface area contributed by atoms with Crippen LogP contribution >= 0.6 is 23.6 Å². The van der Waals surface area contributed by atoms with E-state index in [9.17, 15) is 0 Å². The smallest absolute Gasteiger partial charge is 0.195 e. The molecular weight excluding hydrogens is 282 g/mol. The minimum atomic E-state index is 0.637. The second-order valence-corrected chi connectivity index (χ2v) is 5.43. The highest BCUT2D eigenvalue weighted by Crippen LogP contribution is 2.26. The van der Waals surface area contributed by atoms with Crippen molar-refractivity contribution in [3.8, 4) is 11.5 Å². The molecule has 0 spiro atoms. The summed E-state index contributed by atoms with van der Waals surface area (Å²) in [5.74, 6) is 0.809. The van der Waals surface area contributed by atoms with E-state index in [2.05, 4.69) is 20.1 Å². The summed E-state index contributed by atoms with van der Waals surface area (Å²) in [5.41, 5.74) is 0.876. The van der Waals surface area contributed by atoms with Crippen molar-refractivity contribution in [1.29, 1.82) is 0 Å². The van der Waals surface area contributed by atoms with E-state index in [1.807, 2.05) is 16.9 Å². The molecule has 0 saturated carbocycles. The maximum Gasteiger partial charge on any atom is 0.195 e. The minimum absolute atomic E-state index is 0.637. The van der Waals surface area contributed by atoms with Crippen molar-refractivity contribution >= 4 is 28.7 Å². The number of rotatable bonds is 3. The third kappa shape index (κ3) is 2.43. The van der Waals surface area contributed by atoms with Gasteiger partial charge in [-0.2, -0.15) is 5.10 Å². The van der Waals surface area contributed by atoms with Gasteiger partial charge in [-0.15, -0.1) is 11.3 Å². The SMILES string of the molecule is CCn1c(-c2csc(N3CCOCC3)n2)n[nH]c1=S. The fourth-order valence-corrected chi connectivity index (χ4v) is 3.19. The first-order valence-corrected chi connectivity index (χ1v) is 7.52. The Morgan fingerprint density at radius 2 is 2.26 bits per heavy atom. The summed E-state index contributed by atoms with van der Waals surface area (Å²) in [5, 5.41) is 10.1. The number of nitrogens with one attached hydrogen (secondary N) is 1. The van der Waals surface area contributed by atoms with Crippen LogP contribution in [0, 0.1) is 4.77 Å². The molecule has 0 bridgehead atoms. The van der Waals surface area contributed by atoms with Crippen molar-refractivity contribution in [2.75, 3.05) is 31.2 Å². The van der Waals surface area contributed by atoms with Crippen molar-refractivity contribution < 1.29 is 4.74 Å². The highest BCUT2D eigenvalue weighted by Gasteiger charge is 2.17. The fraction of sp³-hybridized carbons (Fsp3) is 0.545. The molecule has 102 valence electrons. The van der Waals surface area contributed by atoms with Crippen LogP contribution in [-0.4, -0.2) is 46.1 Å². The van der Waals surface area contributed by atoms with Crippen LogP contribution in [-0.2, 0) is 11.3 Å². The molecule has 8 heteroatoms. The lowest BCUT2D eigenvalue weighted by Gasteiger charge is -2.25. The summed E-state index contributed by atoms with van der Waals surface area (Å²) in [6.45, 7) is 6.16. The van der Waals surface area contributed by atoms with Crippen molar-refractivity contribution in [2.45, 2.75) is 13.5 Å². The summed E-state index contributed by atoms with van der Waals surface area (Å²) < 4.78 is 7.94. The summed E-state index contributed by atoms with van der Waals surface area (Å²) >= 11 is 6.83. The van der Waals surface area contributed by atoms with Gasteiger partial charge >= 0.3 is 0 Å². The van der Waals surface area contributed by atoms with E-state index in [4.69, 9.17) is 17.0 Å². The van der Waals surface area contributed by atoms with E-state index < -0.39 is 0 Å². The average molecular weight is 297 g/mol. The van der Waals surface area contributed by atoms with Gasteiger partial charge in [0, 0.05) is 25.0 Å². The summed E-state index contributed by atoms with van der Waals surface area (Å²) in [6, 6.07) is 0. The number of aromatic nitrogens is 4. The summed E-state index contributed by atoms with van der Waals surface area (Å²) in [4.78, 5) is 6.91. The highest BCUT2D eigenvalue weighted by molar-refractivity contribution is 7.71. The molecule has 1 fully saturated rings. The first-order chi connectivity index (χ1) is 9.29. The first kappa shape index (κ1) is 12.8. The van der Waals surface area contributed by atoms with Crippen LogP contribution in [0.25, 0.3) is 11.5 Å². The Labute approximate surface area is 120 Å². The van der Waals surface area contributed by atoms with Crippen LogP contribution in [0.3, 0.4) is 0 Å². The van der Waals surface area contributed by atoms with Crippen molar-refractivity contribution in [1.82, 2.24) is 19.7 Å². The normalized spacial score (nSPS) is 15.9. The zero-order chi connectivity index (χ0) is 13.2. The van der Waals surface area contributed by atoms with Gasteiger partial charge in [-0.3, -0.25) is 9.67 Å². The molecule has 1 saturated heterocycles. The molecule has 0 unspecified atom stereocenters. The first-order valence-electron chi connectivity index (χ1n) is 6.23. The molecule has 1 aliphatic heterocycles. The number of nitrogens with zero attached hydrogens (tertiary/aromatic N) is 4. The summed E-state index contributed by atoms with van der Waals surface area (Å²) in [6.07, 6.45) is 0. The quantitative estimate of drug-likeness (QED) is 0.877. The van der Waals surface area contributed by atoms with Crippen LogP contribution in [0.4, 0.5) is 5.13 Å². The Morgan fingerprint density at radius 1 is 1.47 bits per heavy atom. The molecule has 0 amide bonds. The Morgan fingerprint density at radius 3 is 3.00 bits per heavy atom. The van der Waals surface area contributed by atoms with E-state index in [1.165, 1.54) is 0 Å². The maximum atomic E-state index is 5.35. The van der Waals surface area contributed by atoms with Crippen molar-refractivity contribution in [2.24, 2.45) is 0 Å². The maximum absolute atomic E-state index is 5.35. The van der Waals surface area contributed by atoms with E-state index in [1.54, 1.807) is 11.3 Å². The van der Waals surface area contributed by atoms with Crippen LogP contribution in [0.1, 0.15) is 6.92 Å². The number of hydrogen-bond donors (Lipinski definition) is 1. The van der Waals surface area contributed by atoms with Gasteiger partial charge in [0.1, 0.15) is 5.69 Å². The molecular formula is C11H15N5OS2.